The van der Waals surface area contributed by atoms with Crippen molar-refractivity contribution in [1.29, 1.82) is 5.26 Å². The molecule has 0 saturated carbocycles. The third-order valence-corrected chi connectivity index (χ3v) is 4.97. The summed E-state index contributed by atoms with van der Waals surface area (Å²) in [5.74, 6) is 0.642. The van der Waals surface area contributed by atoms with E-state index < -0.39 is 10.0 Å². The third kappa shape index (κ3) is 3.05. The zero-order valence-electron chi connectivity index (χ0n) is 12.5. The Morgan fingerprint density at radius 3 is 2.50 bits per heavy atom. The molecule has 6 heteroatoms. The van der Waals surface area contributed by atoms with Gasteiger partial charge in [-0.1, -0.05) is 6.07 Å². The maximum atomic E-state index is 12.5. The minimum Gasteiger partial charge on any atom is -0.496 e. The molecule has 0 spiro atoms. The highest BCUT2D eigenvalue weighted by molar-refractivity contribution is 7.92. The van der Waals surface area contributed by atoms with Gasteiger partial charge in [0.1, 0.15) is 5.75 Å². The quantitative estimate of drug-likeness (QED) is 0.940. The number of sulfonamides is 1. The molecule has 0 saturated heterocycles. The molecule has 0 radical (unpaired) electrons. The Morgan fingerprint density at radius 2 is 1.86 bits per heavy atom. The summed E-state index contributed by atoms with van der Waals surface area (Å²) in [6, 6.07) is 11.4. The van der Waals surface area contributed by atoms with Crippen LogP contribution in [0.5, 0.6) is 5.75 Å². The van der Waals surface area contributed by atoms with Gasteiger partial charge in [-0.25, -0.2) is 8.42 Å². The van der Waals surface area contributed by atoms with E-state index in [0.717, 1.165) is 5.56 Å². The summed E-state index contributed by atoms with van der Waals surface area (Å²) in [6.07, 6.45) is 0. The van der Waals surface area contributed by atoms with Crippen molar-refractivity contribution in [1.82, 2.24) is 0 Å². The Labute approximate surface area is 130 Å². The first-order chi connectivity index (χ1) is 10.4. The van der Waals surface area contributed by atoms with Crippen LogP contribution in [0.4, 0.5) is 5.69 Å². The molecule has 114 valence electrons. The Bertz CT molecular complexity index is 852. The predicted molar refractivity (Wildman–Crippen MR) is 84.4 cm³/mol. The van der Waals surface area contributed by atoms with Crippen LogP contribution in [0.25, 0.3) is 0 Å². The molecule has 0 heterocycles. The SMILES string of the molecule is COc1ccc(S(=O)(=O)Nc2cccc(C#N)c2)c(C)c1C. The van der Waals surface area contributed by atoms with Crippen molar-refractivity contribution in [3.05, 3.63) is 53.1 Å². The highest BCUT2D eigenvalue weighted by Crippen LogP contribution is 2.28. The molecule has 22 heavy (non-hydrogen) atoms. The molecule has 2 aromatic rings. The van der Waals surface area contributed by atoms with Gasteiger partial charge in [-0.15, -0.1) is 0 Å². The van der Waals surface area contributed by atoms with Gasteiger partial charge in [-0.2, -0.15) is 5.26 Å². The molecule has 0 aliphatic heterocycles. The highest BCUT2D eigenvalue weighted by atomic mass is 32.2. The maximum Gasteiger partial charge on any atom is 0.262 e. The number of methoxy groups -OCH3 is 1. The van der Waals surface area contributed by atoms with Gasteiger partial charge in [0.2, 0.25) is 0 Å². The summed E-state index contributed by atoms with van der Waals surface area (Å²) in [5.41, 5.74) is 2.15. The molecule has 2 rings (SSSR count). The lowest BCUT2D eigenvalue weighted by Gasteiger charge is -2.14. The molecule has 0 aliphatic carbocycles. The molecule has 0 fully saturated rings. The van der Waals surface area contributed by atoms with Crippen molar-refractivity contribution in [2.45, 2.75) is 18.7 Å². The second-order valence-corrected chi connectivity index (χ2v) is 6.46. The van der Waals surface area contributed by atoms with E-state index in [1.165, 1.54) is 12.1 Å². The van der Waals surface area contributed by atoms with Crippen LogP contribution in [0, 0.1) is 25.2 Å². The topological polar surface area (TPSA) is 79.2 Å². The smallest absolute Gasteiger partial charge is 0.262 e. The number of ether oxygens (including phenoxy) is 1. The van der Waals surface area contributed by atoms with Gasteiger partial charge in [0.25, 0.3) is 10.0 Å². The molecule has 5 nitrogen and oxygen atoms in total. The molecule has 2 aromatic carbocycles. The van der Waals surface area contributed by atoms with Crippen molar-refractivity contribution in [3.8, 4) is 11.8 Å². The zero-order chi connectivity index (χ0) is 16.3. The molecule has 0 aliphatic rings. The summed E-state index contributed by atoms with van der Waals surface area (Å²) < 4.78 is 32.8. The van der Waals surface area contributed by atoms with Gasteiger partial charge in [-0.3, -0.25) is 4.72 Å². The molecular formula is C16H16N2O3S. The Balaban J connectivity index is 2.43. The fourth-order valence-corrected chi connectivity index (χ4v) is 3.50. The first kappa shape index (κ1) is 15.9. The summed E-state index contributed by atoms with van der Waals surface area (Å²) in [7, 11) is -2.19. The maximum absolute atomic E-state index is 12.5. The van der Waals surface area contributed by atoms with Crippen LogP contribution in [0.2, 0.25) is 0 Å². The number of nitrogens with one attached hydrogen (secondary N) is 1. The second-order valence-electron chi connectivity index (χ2n) is 4.81. The summed E-state index contributed by atoms with van der Waals surface area (Å²) in [4.78, 5) is 0.188. The summed E-state index contributed by atoms with van der Waals surface area (Å²) in [5, 5.41) is 8.87. The molecule has 0 bridgehead atoms. The van der Waals surface area contributed by atoms with E-state index >= 15 is 0 Å². The molecule has 0 aromatic heterocycles. The van der Waals surface area contributed by atoms with Crippen molar-refractivity contribution in [3.63, 3.8) is 0 Å². The van der Waals surface area contributed by atoms with Crippen LogP contribution in [0.1, 0.15) is 16.7 Å². The third-order valence-electron chi connectivity index (χ3n) is 3.44. The van der Waals surface area contributed by atoms with Crippen LogP contribution in [-0.4, -0.2) is 15.5 Å². The first-order valence-corrected chi connectivity index (χ1v) is 8.04. The monoisotopic (exact) mass is 316 g/mol. The van der Waals surface area contributed by atoms with E-state index in [1.54, 1.807) is 38.3 Å². The number of nitriles is 1. The normalized spacial score (nSPS) is 10.8. The van der Waals surface area contributed by atoms with Gasteiger partial charge in [0, 0.05) is 0 Å². The lowest BCUT2D eigenvalue weighted by atomic mass is 10.1. The molecule has 0 unspecified atom stereocenters. The van der Waals surface area contributed by atoms with E-state index in [-0.39, 0.29) is 4.90 Å². The molecule has 1 N–H and O–H groups in total. The number of hydrogen-bond donors (Lipinski definition) is 1. The number of nitrogens with zero attached hydrogens (tertiary/aromatic N) is 1. The van der Waals surface area contributed by atoms with Crippen LogP contribution in [0.15, 0.2) is 41.3 Å². The van der Waals surface area contributed by atoms with Crippen molar-refractivity contribution in [2.75, 3.05) is 11.8 Å². The van der Waals surface area contributed by atoms with Gasteiger partial charge >= 0.3 is 0 Å². The minimum atomic E-state index is -3.73. The standard InChI is InChI=1S/C16H16N2O3S/c1-11-12(2)16(8-7-15(11)21-3)22(19,20)18-14-6-4-5-13(9-14)10-17/h4-9,18H,1-3H3. The highest BCUT2D eigenvalue weighted by Gasteiger charge is 2.19. The Kier molecular flexibility index (Phi) is 4.38. The average Bonchev–Trinajstić information content (AvgIpc) is 2.49. The number of hydrogen-bond acceptors (Lipinski definition) is 4. The van der Waals surface area contributed by atoms with Gasteiger partial charge in [0.15, 0.2) is 0 Å². The van der Waals surface area contributed by atoms with E-state index in [0.29, 0.717) is 22.6 Å². The Morgan fingerprint density at radius 1 is 1.14 bits per heavy atom. The second kappa shape index (κ2) is 6.08. The van der Waals surface area contributed by atoms with E-state index in [2.05, 4.69) is 4.72 Å². The van der Waals surface area contributed by atoms with E-state index in [1.807, 2.05) is 13.0 Å². The minimum absolute atomic E-state index is 0.188. The van der Waals surface area contributed by atoms with Gasteiger partial charge in [0.05, 0.1) is 29.3 Å². The number of rotatable bonds is 4. The zero-order valence-corrected chi connectivity index (χ0v) is 13.4. The lowest BCUT2D eigenvalue weighted by Crippen LogP contribution is -2.15. The fourth-order valence-electron chi connectivity index (χ4n) is 2.15. The first-order valence-electron chi connectivity index (χ1n) is 6.56. The molecule has 0 atom stereocenters. The largest absolute Gasteiger partial charge is 0.496 e. The van der Waals surface area contributed by atoms with Crippen LogP contribution >= 0.6 is 0 Å². The van der Waals surface area contributed by atoms with Crippen molar-refractivity contribution in [2.24, 2.45) is 0 Å². The lowest BCUT2D eigenvalue weighted by molar-refractivity contribution is 0.411. The summed E-state index contributed by atoms with van der Waals surface area (Å²) >= 11 is 0. The van der Waals surface area contributed by atoms with Crippen molar-refractivity contribution >= 4 is 15.7 Å². The van der Waals surface area contributed by atoms with Gasteiger partial charge < -0.3 is 4.74 Å². The van der Waals surface area contributed by atoms with E-state index in [9.17, 15) is 8.42 Å². The van der Waals surface area contributed by atoms with E-state index in [4.69, 9.17) is 10.00 Å². The summed E-state index contributed by atoms with van der Waals surface area (Å²) in [6.45, 7) is 3.54. The van der Waals surface area contributed by atoms with Crippen LogP contribution < -0.4 is 9.46 Å². The predicted octanol–water partition coefficient (Wildman–Crippen LogP) is 2.98. The number of benzene rings is 2. The fraction of sp³-hybridized carbons (Fsp3) is 0.188. The molecular weight excluding hydrogens is 300 g/mol. The van der Waals surface area contributed by atoms with Gasteiger partial charge in [-0.05, 0) is 55.3 Å². The Hall–Kier alpha value is -2.52. The van der Waals surface area contributed by atoms with Crippen molar-refractivity contribution < 1.29 is 13.2 Å². The van der Waals surface area contributed by atoms with Crippen LogP contribution in [0.3, 0.4) is 0 Å². The average molecular weight is 316 g/mol. The number of anilines is 1. The molecule has 0 amide bonds. The van der Waals surface area contributed by atoms with Crippen LogP contribution in [-0.2, 0) is 10.0 Å².